The van der Waals surface area contributed by atoms with Gasteiger partial charge in [0.2, 0.25) is 0 Å². The van der Waals surface area contributed by atoms with Crippen LogP contribution in [0, 0.1) is 0 Å². The van der Waals surface area contributed by atoms with Gasteiger partial charge in [-0.15, -0.1) is 0 Å². The molecule has 5 nitrogen and oxygen atoms in total. The lowest BCUT2D eigenvalue weighted by atomic mass is 10.1. The van der Waals surface area contributed by atoms with Gasteiger partial charge in [-0.1, -0.05) is 12.1 Å². The van der Waals surface area contributed by atoms with Crippen LogP contribution < -0.4 is 5.32 Å². The normalized spacial score (nSPS) is 11.7. The molecule has 2 N–H and O–H groups in total. The van der Waals surface area contributed by atoms with E-state index in [9.17, 15) is 9.59 Å². The van der Waals surface area contributed by atoms with Crippen molar-refractivity contribution >= 4 is 23.6 Å². The van der Waals surface area contributed by atoms with E-state index in [4.69, 9.17) is 5.11 Å². The Labute approximate surface area is 116 Å². The maximum Gasteiger partial charge on any atom is 0.330 e. The van der Waals surface area contributed by atoms with Crippen LogP contribution in [0.1, 0.15) is 15.9 Å². The van der Waals surface area contributed by atoms with Crippen LogP contribution in [0.5, 0.6) is 0 Å². The van der Waals surface area contributed by atoms with Gasteiger partial charge in [-0.25, -0.2) is 4.79 Å². The molecule has 1 atom stereocenters. The molecule has 0 aromatic heterocycles. The van der Waals surface area contributed by atoms with Crippen LogP contribution in [0.25, 0.3) is 0 Å². The van der Waals surface area contributed by atoms with Crippen molar-refractivity contribution in [2.45, 2.75) is 11.8 Å². The standard InChI is InChI=1S/C13H17NO4S/c1-18-13(17)11(7-15)14-12(16)10-5-3-9(4-6-10)8-19-2/h3-6,11,15H,7-8H2,1-2H3,(H,14,16)/t11-/m0/s1. The van der Waals surface area contributed by atoms with Gasteiger partial charge in [0.1, 0.15) is 0 Å². The highest BCUT2D eigenvalue weighted by atomic mass is 32.2. The second kappa shape index (κ2) is 7.81. The van der Waals surface area contributed by atoms with Crippen molar-refractivity contribution in [3.05, 3.63) is 35.4 Å². The van der Waals surface area contributed by atoms with Crippen molar-refractivity contribution in [1.29, 1.82) is 0 Å². The van der Waals surface area contributed by atoms with Gasteiger partial charge in [-0.3, -0.25) is 4.79 Å². The van der Waals surface area contributed by atoms with Crippen LogP contribution in [0.3, 0.4) is 0 Å². The Balaban J connectivity index is 2.69. The predicted molar refractivity (Wildman–Crippen MR) is 74.0 cm³/mol. The van der Waals surface area contributed by atoms with Crippen LogP contribution in [-0.2, 0) is 15.3 Å². The molecule has 0 heterocycles. The molecule has 0 aliphatic heterocycles. The largest absolute Gasteiger partial charge is 0.467 e. The number of ether oxygens (including phenoxy) is 1. The Hall–Kier alpha value is -1.53. The third-order valence-corrected chi connectivity index (χ3v) is 3.12. The van der Waals surface area contributed by atoms with Crippen molar-refractivity contribution < 1.29 is 19.4 Å². The number of carbonyl (C=O) groups is 2. The molecular weight excluding hydrogens is 266 g/mol. The SMILES string of the molecule is COC(=O)[C@H](CO)NC(=O)c1ccc(CSC)cc1. The van der Waals surface area contributed by atoms with Gasteiger partial charge >= 0.3 is 5.97 Å². The molecular formula is C13H17NO4S. The second-order valence-corrected chi connectivity index (χ2v) is 4.73. The average Bonchev–Trinajstić information content (AvgIpc) is 2.44. The fourth-order valence-corrected chi connectivity index (χ4v) is 2.01. The molecule has 19 heavy (non-hydrogen) atoms. The first kappa shape index (κ1) is 15.5. The fourth-order valence-electron chi connectivity index (χ4n) is 1.48. The minimum Gasteiger partial charge on any atom is -0.467 e. The Kier molecular flexibility index (Phi) is 6.38. The Morgan fingerprint density at radius 2 is 2.00 bits per heavy atom. The summed E-state index contributed by atoms with van der Waals surface area (Å²) in [7, 11) is 1.20. The Morgan fingerprint density at radius 3 is 2.47 bits per heavy atom. The van der Waals surface area contributed by atoms with Crippen LogP contribution in [0.2, 0.25) is 0 Å². The van der Waals surface area contributed by atoms with Crippen molar-refractivity contribution in [2.75, 3.05) is 20.0 Å². The molecule has 0 aliphatic rings. The molecule has 1 aromatic rings. The molecule has 0 bridgehead atoms. The lowest BCUT2D eigenvalue weighted by molar-refractivity contribution is -0.143. The van der Waals surface area contributed by atoms with Crippen LogP contribution in [-0.4, -0.2) is 43.0 Å². The molecule has 104 valence electrons. The molecule has 0 radical (unpaired) electrons. The zero-order chi connectivity index (χ0) is 14.3. The number of esters is 1. The summed E-state index contributed by atoms with van der Waals surface area (Å²) in [5, 5.41) is 11.4. The number of nitrogens with one attached hydrogen (secondary N) is 1. The first-order valence-corrected chi connectivity index (χ1v) is 7.09. The molecule has 1 rings (SSSR count). The Morgan fingerprint density at radius 1 is 1.37 bits per heavy atom. The molecule has 0 saturated heterocycles. The van der Waals surface area contributed by atoms with E-state index >= 15 is 0 Å². The Bertz CT molecular complexity index is 433. The number of hydrogen-bond donors (Lipinski definition) is 2. The summed E-state index contributed by atoms with van der Waals surface area (Å²) in [6, 6.07) is 6.05. The third-order valence-electron chi connectivity index (χ3n) is 2.50. The van der Waals surface area contributed by atoms with E-state index in [2.05, 4.69) is 10.1 Å². The smallest absolute Gasteiger partial charge is 0.330 e. The lowest BCUT2D eigenvalue weighted by Crippen LogP contribution is -2.44. The van der Waals surface area contributed by atoms with Crippen LogP contribution in [0.4, 0.5) is 0 Å². The lowest BCUT2D eigenvalue weighted by Gasteiger charge is -2.13. The van der Waals surface area contributed by atoms with Gasteiger partial charge in [-0.2, -0.15) is 11.8 Å². The van der Waals surface area contributed by atoms with Gasteiger partial charge in [0.15, 0.2) is 6.04 Å². The molecule has 0 saturated carbocycles. The number of aliphatic hydroxyl groups excluding tert-OH is 1. The summed E-state index contributed by atoms with van der Waals surface area (Å²) in [5.41, 5.74) is 1.56. The predicted octanol–water partition coefficient (Wildman–Crippen LogP) is 0.813. The van der Waals surface area contributed by atoms with E-state index < -0.39 is 24.5 Å². The molecule has 1 aromatic carbocycles. The molecule has 0 fully saturated rings. The number of aliphatic hydroxyl groups is 1. The molecule has 6 heteroatoms. The van der Waals surface area contributed by atoms with Crippen molar-refractivity contribution in [2.24, 2.45) is 0 Å². The number of benzene rings is 1. The monoisotopic (exact) mass is 283 g/mol. The first-order chi connectivity index (χ1) is 9.12. The molecule has 1 amide bonds. The number of amides is 1. The van der Waals surface area contributed by atoms with E-state index in [-0.39, 0.29) is 0 Å². The highest BCUT2D eigenvalue weighted by Gasteiger charge is 2.20. The second-order valence-electron chi connectivity index (χ2n) is 3.86. The molecule has 0 aliphatic carbocycles. The highest BCUT2D eigenvalue weighted by Crippen LogP contribution is 2.10. The summed E-state index contributed by atoms with van der Waals surface area (Å²) in [6.45, 7) is -0.497. The topological polar surface area (TPSA) is 75.6 Å². The first-order valence-electron chi connectivity index (χ1n) is 5.69. The third kappa shape index (κ3) is 4.57. The van der Waals surface area contributed by atoms with Crippen molar-refractivity contribution in [3.63, 3.8) is 0 Å². The summed E-state index contributed by atoms with van der Waals surface area (Å²) < 4.78 is 4.47. The number of thioether (sulfide) groups is 1. The van der Waals surface area contributed by atoms with Crippen molar-refractivity contribution in [1.82, 2.24) is 5.32 Å². The summed E-state index contributed by atoms with van der Waals surface area (Å²) in [4.78, 5) is 23.1. The minimum atomic E-state index is -1.04. The van der Waals surface area contributed by atoms with E-state index in [0.717, 1.165) is 11.3 Å². The van der Waals surface area contributed by atoms with Gasteiger partial charge in [-0.05, 0) is 24.0 Å². The summed E-state index contributed by atoms with van der Waals surface area (Å²) >= 11 is 1.70. The fraction of sp³-hybridized carbons (Fsp3) is 0.385. The van der Waals surface area contributed by atoms with E-state index in [1.807, 2.05) is 18.4 Å². The molecule has 0 unspecified atom stereocenters. The molecule has 0 spiro atoms. The van der Waals surface area contributed by atoms with Crippen molar-refractivity contribution in [3.8, 4) is 0 Å². The number of rotatable bonds is 6. The maximum absolute atomic E-state index is 11.9. The van der Waals surface area contributed by atoms with Crippen LogP contribution in [0.15, 0.2) is 24.3 Å². The van der Waals surface area contributed by atoms with Gasteiger partial charge in [0.05, 0.1) is 13.7 Å². The van der Waals surface area contributed by atoms with Gasteiger partial charge < -0.3 is 15.2 Å². The number of carbonyl (C=O) groups excluding carboxylic acids is 2. The quantitative estimate of drug-likeness (QED) is 0.756. The highest BCUT2D eigenvalue weighted by molar-refractivity contribution is 7.97. The van der Waals surface area contributed by atoms with E-state index in [1.54, 1.807) is 23.9 Å². The summed E-state index contributed by atoms with van der Waals surface area (Å²) in [6.07, 6.45) is 2.00. The number of methoxy groups -OCH3 is 1. The van der Waals surface area contributed by atoms with E-state index in [0.29, 0.717) is 5.56 Å². The maximum atomic E-state index is 11.9. The van der Waals surface area contributed by atoms with E-state index in [1.165, 1.54) is 7.11 Å². The zero-order valence-corrected chi connectivity index (χ0v) is 11.7. The number of hydrogen-bond acceptors (Lipinski definition) is 5. The summed E-state index contributed by atoms with van der Waals surface area (Å²) in [5.74, 6) is -0.210. The zero-order valence-electron chi connectivity index (χ0n) is 10.9. The average molecular weight is 283 g/mol. The van der Waals surface area contributed by atoms with Gasteiger partial charge in [0, 0.05) is 11.3 Å². The minimum absolute atomic E-state index is 0.417. The van der Waals surface area contributed by atoms with Crippen LogP contribution >= 0.6 is 11.8 Å². The van der Waals surface area contributed by atoms with Gasteiger partial charge in [0.25, 0.3) is 5.91 Å².